The van der Waals surface area contributed by atoms with E-state index in [2.05, 4.69) is 20.8 Å². The summed E-state index contributed by atoms with van der Waals surface area (Å²) in [4.78, 5) is 36.9. The first kappa shape index (κ1) is 19.3. The number of aromatic amines is 1. The highest BCUT2D eigenvalue weighted by Gasteiger charge is 2.27. The van der Waals surface area contributed by atoms with Gasteiger partial charge in [0.25, 0.3) is 5.91 Å². The summed E-state index contributed by atoms with van der Waals surface area (Å²) in [6.45, 7) is 2.98. The van der Waals surface area contributed by atoms with E-state index in [1.54, 1.807) is 24.3 Å². The Morgan fingerprint density at radius 3 is 2.21 bits per heavy atom. The Morgan fingerprint density at radius 1 is 1.07 bits per heavy atom. The number of nitro groups is 1. The normalized spacial score (nSPS) is 14.2. The average molecular weight is 386 g/mol. The molecule has 0 aliphatic carbocycles. The lowest BCUT2D eigenvalue weighted by Crippen LogP contribution is -2.35. The quantitative estimate of drug-likeness (QED) is 0.548. The summed E-state index contributed by atoms with van der Waals surface area (Å²) < 4.78 is 0. The molecule has 1 aromatic heterocycles. The third-order valence-electron chi connectivity index (χ3n) is 4.60. The van der Waals surface area contributed by atoms with Crippen LogP contribution in [0.2, 0.25) is 0 Å². The molecule has 0 atom stereocenters. The number of urea groups is 1. The van der Waals surface area contributed by atoms with Crippen LogP contribution in [0.25, 0.3) is 0 Å². The molecule has 3 N–H and O–H groups in total. The van der Waals surface area contributed by atoms with Gasteiger partial charge < -0.3 is 15.5 Å². The molecule has 0 spiro atoms. The van der Waals surface area contributed by atoms with Crippen LogP contribution in [0, 0.1) is 17.0 Å². The Labute approximate surface area is 161 Å². The van der Waals surface area contributed by atoms with E-state index in [0.717, 1.165) is 38.8 Å². The zero-order valence-corrected chi connectivity index (χ0v) is 15.5. The summed E-state index contributed by atoms with van der Waals surface area (Å²) in [6.07, 6.45) is 4.31. The molecule has 1 saturated heterocycles. The Morgan fingerprint density at radius 2 is 1.64 bits per heavy atom. The first-order chi connectivity index (χ1) is 13.5. The minimum atomic E-state index is -0.683. The molecule has 28 heavy (non-hydrogen) atoms. The minimum Gasteiger partial charge on any atom is -0.325 e. The molecule has 10 heteroatoms. The van der Waals surface area contributed by atoms with Gasteiger partial charge in [-0.25, -0.2) is 4.79 Å². The number of hydrogen-bond acceptors (Lipinski definition) is 5. The number of carbonyl (C=O) groups is 2. The monoisotopic (exact) mass is 386 g/mol. The fourth-order valence-electron chi connectivity index (χ4n) is 3.11. The number of aryl methyl sites for hydroxylation is 1. The summed E-state index contributed by atoms with van der Waals surface area (Å²) in [5.41, 5.74) is 0.628. The topological polar surface area (TPSA) is 133 Å². The van der Waals surface area contributed by atoms with Gasteiger partial charge in [0.05, 0.1) is 4.92 Å². The van der Waals surface area contributed by atoms with Crippen LogP contribution in [0.15, 0.2) is 24.3 Å². The highest BCUT2D eigenvalue weighted by molar-refractivity contribution is 6.05. The number of hydrogen-bond donors (Lipinski definition) is 3. The standard InChI is InChI=1S/C18H22N6O4/c1-12-16(24(27)28)15(22-21-12)17(25)19-13-6-8-14(9-7-13)20-18(26)23-10-4-2-3-5-11-23/h6-9H,2-5,10-11H2,1H3,(H,19,25)(H,20,26)(H,21,22). The van der Waals surface area contributed by atoms with E-state index in [1.807, 2.05) is 4.90 Å². The van der Waals surface area contributed by atoms with Crippen molar-refractivity contribution in [3.8, 4) is 0 Å². The first-order valence-electron chi connectivity index (χ1n) is 9.12. The van der Waals surface area contributed by atoms with Crippen molar-refractivity contribution in [3.63, 3.8) is 0 Å². The lowest BCUT2D eigenvalue weighted by Gasteiger charge is -2.20. The number of nitrogens with zero attached hydrogens (tertiary/aromatic N) is 3. The van der Waals surface area contributed by atoms with E-state index >= 15 is 0 Å². The molecule has 1 fully saturated rings. The minimum absolute atomic E-state index is 0.138. The molecular weight excluding hydrogens is 364 g/mol. The van der Waals surface area contributed by atoms with Crippen molar-refractivity contribution in [2.24, 2.45) is 0 Å². The van der Waals surface area contributed by atoms with Crippen LogP contribution in [0.4, 0.5) is 21.9 Å². The Kier molecular flexibility index (Phi) is 5.87. The highest BCUT2D eigenvalue weighted by atomic mass is 16.6. The van der Waals surface area contributed by atoms with Crippen LogP contribution in [0.5, 0.6) is 0 Å². The first-order valence-corrected chi connectivity index (χ1v) is 9.12. The van der Waals surface area contributed by atoms with E-state index < -0.39 is 10.8 Å². The predicted octanol–water partition coefficient (Wildman–Crippen LogP) is 3.29. The van der Waals surface area contributed by atoms with Gasteiger partial charge in [-0.1, -0.05) is 12.8 Å². The number of benzene rings is 1. The summed E-state index contributed by atoms with van der Waals surface area (Å²) in [7, 11) is 0. The maximum absolute atomic E-state index is 12.3. The second-order valence-electron chi connectivity index (χ2n) is 6.67. The lowest BCUT2D eigenvalue weighted by molar-refractivity contribution is -0.385. The van der Waals surface area contributed by atoms with Crippen molar-refractivity contribution >= 4 is 29.0 Å². The average Bonchev–Trinajstić information content (AvgIpc) is 2.88. The summed E-state index contributed by atoms with van der Waals surface area (Å²) >= 11 is 0. The molecule has 0 radical (unpaired) electrons. The molecule has 148 valence electrons. The summed E-state index contributed by atoms with van der Waals surface area (Å²) in [6, 6.07) is 6.41. The number of anilines is 2. The third-order valence-corrected chi connectivity index (χ3v) is 4.60. The van der Waals surface area contributed by atoms with Crippen LogP contribution < -0.4 is 10.6 Å². The molecule has 1 aliphatic heterocycles. The van der Waals surface area contributed by atoms with Crippen molar-refractivity contribution in [1.29, 1.82) is 0 Å². The van der Waals surface area contributed by atoms with Gasteiger partial charge in [-0.15, -0.1) is 0 Å². The van der Waals surface area contributed by atoms with Gasteiger partial charge in [-0.3, -0.25) is 20.0 Å². The van der Waals surface area contributed by atoms with Gasteiger partial charge in [0.1, 0.15) is 5.69 Å². The second kappa shape index (κ2) is 8.51. The Hall–Kier alpha value is -3.43. The maximum Gasteiger partial charge on any atom is 0.322 e. The van der Waals surface area contributed by atoms with E-state index in [9.17, 15) is 19.7 Å². The van der Waals surface area contributed by atoms with Crippen LogP contribution >= 0.6 is 0 Å². The predicted molar refractivity (Wildman–Crippen MR) is 103 cm³/mol. The second-order valence-corrected chi connectivity index (χ2v) is 6.67. The number of amides is 3. The van der Waals surface area contributed by atoms with Crippen molar-refractivity contribution in [3.05, 3.63) is 45.8 Å². The molecular formula is C18H22N6O4. The molecule has 3 amide bonds. The molecule has 10 nitrogen and oxygen atoms in total. The van der Waals surface area contributed by atoms with Crippen molar-refractivity contribution in [1.82, 2.24) is 15.1 Å². The zero-order valence-electron chi connectivity index (χ0n) is 15.5. The molecule has 1 aromatic carbocycles. The maximum atomic E-state index is 12.3. The number of H-pyrrole nitrogens is 1. The van der Waals surface area contributed by atoms with Crippen LogP contribution in [-0.4, -0.2) is 45.0 Å². The van der Waals surface area contributed by atoms with E-state index in [0.29, 0.717) is 11.4 Å². The van der Waals surface area contributed by atoms with Crippen LogP contribution in [0.1, 0.15) is 41.9 Å². The van der Waals surface area contributed by atoms with E-state index in [-0.39, 0.29) is 23.1 Å². The number of rotatable bonds is 4. The van der Waals surface area contributed by atoms with Gasteiger partial charge in [-0.2, -0.15) is 5.10 Å². The third kappa shape index (κ3) is 4.45. The zero-order chi connectivity index (χ0) is 20.1. The van der Waals surface area contributed by atoms with Gasteiger partial charge in [0.2, 0.25) is 5.69 Å². The number of carbonyl (C=O) groups excluding carboxylic acids is 2. The van der Waals surface area contributed by atoms with Gasteiger partial charge in [-0.05, 0) is 44.0 Å². The van der Waals surface area contributed by atoms with E-state index in [1.165, 1.54) is 6.92 Å². The fraction of sp³-hybridized carbons (Fsp3) is 0.389. The Bertz CT molecular complexity index is 869. The molecule has 0 unspecified atom stereocenters. The summed E-state index contributed by atoms with van der Waals surface area (Å²) in [5.74, 6) is -0.683. The van der Waals surface area contributed by atoms with Crippen LogP contribution in [-0.2, 0) is 0 Å². The van der Waals surface area contributed by atoms with Crippen molar-refractivity contribution < 1.29 is 14.5 Å². The largest absolute Gasteiger partial charge is 0.325 e. The summed E-state index contributed by atoms with van der Waals surface area (Å²) in [5, 5.41) is 22.7. The van der Waals surface area contributed by atoms with Gasteiger partial charge in [0, 0.05) is 24.5 Å². The van der Waals surface area contributed by atoms with Crippen LogP contribution in [0.3, 0.4) is 0 Å². The van der Waals surface area contributed by atoms with Crippen molar-refractivity contribution in [2.75, 3.05) is 23.7 Å². The van der Waals surface area contributed by atoms with Gasteiger partial charge in [0.15, 0.2) is 0 Å². The number of likely N-dealkylation sites (tertiary alicyclic amines) is 1. The fourth-order valence-corrected chi connectivity index (χ4v) is 3.11. The number of nitrogens with one attached hydrogen (secondary N) is 3. The molecule has 1 aliphatic rings. The lowest BCUT2D eigenvalue weighted by atomic mass is 10.2. The van der Waals surface area contributed by atoms with E-state index in [4.69, 9.17) is 0 Å². The smallest absolute Gasteiger partial charge is 0.322 e. The molecule has 3 rings (SSSR count). The van der Waals surface area contributed by atoms with Crippen molar-refractivity contribution in [2.45, 2.75) is 32.6 Å². The number of aromatic nitrogens is 2. The highest BCUT2D eigenvalue weighted by Crippen LogP contribution is 2.22. The Balaban J connectivity index is 1.62. The molecule has 2 aromatic rings. The molecule has 0 saturated carbocycles. The SMILES string of the molecule is Cc1[nH]nc(C(=O)Nc2ccc(NC(=O)N3CCCCCC3)cc2)c1[N+](=O)[O-]. The molecule has 2 heterocycles. The molecule has 0 bridgehead atoms. The van der Waals surface area contributed by atoms with Gasteiger partial charge >= 0.3 is 11.7 Å².